The molecular formula is C13H17F2N3O. The van der Waals surface area contributed by atoms with Gasteiger partial charge in [-0.25, -0.2) is 8.78 Å². The van der Waals surface area contributed by atoms with Crippen LogP contribution in [0, 0.1) is 0 Å². The van der Waals surface area contributed by atoms with Crippen molar-refractivity contribution in [3.63, 3.8) is 0 Å². The second-order valence-electron chi connectivity index (χ2n) is 4.64. The Labute approximate surface area is 110 Å². The molecule has 0 bridgehead atoms. The second kappa shape index (κ2) is 6.08. The predicted octanol–water partition coefficient (Wildman–Crippen LogP) is 0.883. The van der Waals surface area contributed by atoms with Gasteiger partial charge in [0.1, 0.15) is 6.04 Å². The largest absolute Gasteiger partial charge is 0.368 e. The topological polar surface area (TPSA) is 58.4 Å². The van der Waals surface area contributed by atoms with Gasteiger partial charge in [0.15, 0.2) is 0 Å². The Morgan fingerprint density at radius 3 is 3.00 bits per heavy atom. The van der Waals surface area contributed by atoms with E-state index in [1.165, 1.54) is 12.1 Å². The maximum Gasteiger partial charge on any atom is 0.263 e. The van der Waals surface area contributed by atoms with E-state index in [1.807, 2.05) is 4.90 Å². The number of amides is 1. The Hall–Kier alpha value is -1.53. The van der Waals surface area contributed by atoms with Crippen LogP contribution < -0.4 is 11.1 Å². The fourth-order valence-electron chi connectivity index (χ4n) is 2.28. The smallest absolute Gasteiger partial charge is 0.263 e. The molecule has 104 valence electrons. The van der Waals surface area contributed by atoms with Gasteiger partial charge in [-0.2, -0.15) is 0 Å². The fraction of sp³-hybridized carbons (Fsp3) is 0.462. The summed E-state index contributed by atoms with van der Waals surface area (Å²) in [6.45, 7) is 2.39. The molecule has 0 saturated carbocycles. The third-order valence-electron chi connectivity index (χ3n) is 3.27. The van der Waals surface area contributed by atoms with Crippen LogP contribution in [0.25, 0.3) is 0 Å². The molecule has 0 radical (unpaired) electrons. The summed E-state index contributed by atoms with van der Waals surface area (Å²) < 4.78 is 25.3. The zero-order valence-corrected chi connectivity index (χ0v) is 10.5. The summed E-state index contributed by atoms with van der Waals surface area (Å²) in [6.07, 6.45) is -2.48. The maximum atomic E-state index is 12.6. The Morgan fingerprint density at radius 2 is 2.32 bits per heavy atom. The number of nitrogens with zero attached hydrogens (tertiary/aromatic N) is 1. The Bertz CT molecular complexity index is 453. The van der Waals surface area contributed by atoms with Crippen LogP contribution in [0.1, 0.15) is 17.6 Å². The number of carbonyl (C=O) groups is 1. The average molecular weight is 269 g/mol. The van der Waals surface area contributed by atoms with E-state index < -0.39 is 12.3 Å². The number of benzene rings is 1. The first-order valence-corrected chi connectivity index (χ1v) is 6.19. The second-order valence-corrected chi connectivity index (χ2v) is 4.64. The number of nitrogens with two attached hydrogens (primary N) is 1. The van der Waals surface area contributed by atoms with Crippen molar-refractivity contribution in [1.29, 1.82) is 0 Å². The summed E-state index contributed by atoms with van der Waals surface area (Å²) in [4.78, 5) is 13.3. The minimum atomic E-state index is -2.48. The van der Waals surface area contributed by atoms with Gasteiger partial charge in [-0.3, -0.25) is 9.69 Å². The van der Waals surface area contributed by atoms with E-state index in [9.17, 15) is 13.6 Å². The molecule has 4 nitrogen and oxygen atoms in total. The van der Waals surface area contributed by atoms with Crippen LogP contribution in [0.4, 0.5) is 8.78 Å². The van der Waals surface area contributed by atoms with E-state index in [-0.39, 0.29) is 11.6 Å². The molecular weight excluding hydrogens is 252 g/mol. The van der Waals surface area contributed by atoms with E-state index in [4.69, 9.17) is 5.73 Å². The lowest BCUT2D eigenvalue weighted by molar-refractivity contribution is -0.124. The van der Waals surface area contributed by atoms with Gasteiger partial charge in [0.2, 0.25) is 5.91 Å². The quantitative estimate of drug-likeness (QED) is 0.853. The van der Waals surface area contributed by atoms with Crippen molar-refractivity contribution in [2.75, 3.05) is 19.6 Å². The lowest BCUT2D eigenvalue weighted by Gasteiger charge is -2.34. The van der Waals surface area contributed by atoms with Crippen molar-refractivity contribution in [3.05, 3.63) is 35.4 Å². The van der Waals surface area contributed by atoms with Crippen LogP contribution in [0.15, 0.2) is 24.3 Å². The number of alkyl halides is 2. The Kier molecular flexibility index (Phi) is 4.44. The predicted molar refractivity (Wildman–Crippen MR) is 67.7 cm³/mol. The van der Waals surface area contributed by atoms with Gasteiger partial charge in [-0.15, -0.1) is 0 Å². The highest BCUT2D eigenvalue weighted by molar-refractivity contribution is 5.80. The van der Waals surface area contributed by atoms with E-state index in [2.05, 4.69) is 5.32 Å². The van der Waals surface area contributed by atoms with Crippen LogP contribution in [-0.4, -0.2) is 36.5 Å². The molecule has 3 N–H and O–H groups in total. The van der Waals surface area contributed by atoms with Crippen LogP contribution >= 0.6 is 0 Å². The van der Waals surface area contributed by atoms with Crippen molar-refractivity contribution < 1.29 is 13.6 Å². The van der Waals surface area contributed by atoms with E-state index >= 15 is 0 Å². The normalized spacial score (nSPS) is 20.7. The zero-order chi connectivity index (χ0) is 13.8. The Balaban J connectivity index is 2.10. The highest BCUT2D eigenvalue weighted by atomic mass is 19.3. The monoisotopic (exact) mass is 269 g/mol. The highest BCUT2D eigenvalue weighted by Crippen LogP contribution is 2.20. The molecule has 1 unspecified atom stereocenters. The third-order valence-corrected chi connectivity index (χ3v) is 3.27. The van der Waals surface area contributed by atoms with Gasteiger partial charge in [-0.05, 0) is 11.6 Å². The van der Waals surface area contributed by atoms with Gasteiger partial charge in [-0.1, -0.05) is 18.2 Å². The van der Waals surface area contributed by atoms with E-state index in [0.29, 0.717) is 19.6 Å². The average Bonchev–Trinajstić information content (AvgIpc) is 2.39. The van der Waals surface area contributed by atoms with Gasteiger partial charge in [0, 0.05) is 31.7 Å². The number of piperazine rings is 1. The number of hydrogen-bond donors (Lipinski definition) is 2. The summed E-state index contributed by atoms with van der Waals surface area (Å²) in [6, 6.07) is 5.89. The first-order valence-electron chi connectivity index (χ1n) is 6.19. The van der Waals surface area contributed by atoms with Gasteiger partial charge in [0.25, 0.3) is 6.43 Å². The number of nitrogens with one attached hydrogen (secondary N) is 1. The minimum absolute atomic E-state index is 0.00302. The molecule has 0 spiro atoms. The standard InChI is InChI=1S/C13H17F2N3O/c14-12(15)10-3-1-2-9(6-10)8-18-5-4-17-7-11(18)13(16)19/h1-3,6,11-12,17H,4-5,7-8H2,(H2,16,19). The van der Waals surface area contributed by atoms with Crippen LogP contribution in [0.5, 0.6) is 0 Å². The van der Waals surface area contributed by atoms with Gasteiger partial charge < -0.3 is 11.1 Å². The molecule has 1 heterocycles. The Morgan fingerprint density at radius 1 is 1.53 bits per heavy atom. The number of rotatable bonds is 4. The molecule has 1 saturated heterocycles. The number of halogens is 2. The highest BCUT2D eigenvalue weighted by Gasteiger charge is 2.26. The summed E-state index contributed by atoms with van der Waals surface area (Å²) in [5.41, 5.74) is 6.12. The van der Waals surface area contributed by atoms with E-state index in [1.54, 1.807) is 12.1 Å². The van der Waals surface area contributed by atoms with Gasteiger partial charge in [0.05, 0.1) is 0 Å². The molecule has 1 amide bonds. The SMILES string of the molecule is NC(=O)C1CNCCN1Cc1cccc(C(F)F)c1. The maximum absolute atomic E-state index is 12.6. The first-order chi connectivity index (χ1) is 9.08. The van der Waals surface area contributed by atoms with Crippen molar-refractivity contribution in [2.24, 2.45) is 5.73 Å². The summed E-state index contributed by atoms with van der Waals surface area (Å²) >= 11 is 0. The molecule has 1 aromatic carbocycles. The molecule has 1 aromatic rings. The fourth-order valence-corrected chi connectivity index (χ4v) is 2.28. The van der Waals surface area contributed by atoms with Crippen LogP contribution in [0.3, 0.4) is 0 Å². The van der Waals surface area contributed by atoms with Crippen LogP contribution in [0.2, 0.25) is 0 Å². The molecule has 2 rings (SSSR count). The van der Waals surface area contributed by atoms with Crippen molar-refractivity contribution >= 4 is 5.91 Å². The number of primary amides is 1. The van der Waals surface area contributed by atoms with E-state index in [0.717, 1.165) is 12.1 Å². The molecule has 1 aliphatic rings. The molecule has 1 aliphatic heterocycles. The molecule has 1 fully saturated rings. The lowest BCUT2D eigenvalue weighted by Crippen LogP contribution is -2.56. The van der Waals surface area contributed by atoms with Crippen molar-refractivity contribution in [3.8, 4) is 0 Å². The van der Waals surface area contributed by atoms with Gasteiger partial charge >= 0.3 is 0 Å². The number of hydrogen-bond acceptors (Lipinski definition) is 3. The summed E-state index contributed by atoms with van der Waals surface area (Å²) in [5.74, 6) is -0.391. The first kappa shape index (κ1) is 13.9. The molecule has 0 aromatic heterocycles. The molecule has 0 aliphatic carbocycles. The zero-order valence-electron chi connectivity index (χ0n) is 10.5. The molecule has 6 heteroatoms. The molecule has 19 heavy (non-hydrogen) atoms. The summed E-state index contributed by atoms with van der Waals surface area (Å²) in [7, 11) is 0. The van der Waals surface area contributed by atoms with Crippen LogP contribution in [-0.2, 0) is 11.3 Å². The lowest BCUT2D eigenvalue weighted by atomic mass is 10.1. The van der Waals surface area contributed by atoms with Crippen molar-refractivity contribution in [2.45, 2.75) is 19.0 Å². The molecule has 1 atom stereocenters. The number of carbonyl (C=O) groups excluding carboxylic acids is 1. The summed E-state index contributed by atoms with van der Waals surface area (Å²) in [5, 5.41) is 3.10. The minimum Gasteiger partial charge on any atom is -0.368 e. The van der Waals surface area contributed by atoms with Crippen molar-refractivity contribution in [1.82, 2.24) is 10.2 Å². The third kappa shape index (κ3) is 3.48.